The summed E-state index contributed by atoms with van der Waals surface area (Å²) in [5.74, 6) is 0.382. The number of hydrogen-bond donors (Lipinski definition) is 2. The monoisotopic (exact) mass is 226 g/mol. The van der Waals surface area contributed by atoms with Crippen molar-refractivity contribution in [2.75, 3.05) is 6.54 Å². The summed E-state index contributed by atoms with van der Waals surface area (Å²) in [6.07, 6.45) is 3.10. The molecule has 0 aromatic carbocycles. The lowest BCUT2D eigenvalue weighted by Gasteiger charge is -2.24. The standard InChI is InChI=1S/C10H18N4O2/c1-3-10(11,4-2)9(15)12-6-5-8-13-7-14-16-8/h7H,3-6,11H2,1-2H3,(H,12,15). The summed E-state index contributed by atoms with van der Waals surface area (Å²) in [6, 6.07) is 0. The van der Waals surface area contributed by atoms with Crippen LogP contribution in [-0.2, 0) is 11.2 Å². The van der Waals surface area contributed by atoms with Gasteiger partial charge in [0, 0.05) is 13.0 Å². The van der Waals surface area contributed by atoms with E-state index in [9.17, 15) is 4.79 Å². The van der Waals surface area contributed by atoms with Crippen molar-refractivity contribution in [2.45, 2.75) is 38.6 Å². The third-order valence-corrected chi connectivity index (χ3v) is 2.75. The molecule has 0 radical (unpaired) electrons. The average Bonchev–Trinajstić information content (AvgIpc) is 2.80. The minimum atomic E-state index is -0.769. The summed E-state index contributed by atoms with van der Waals surface area (Å²) in [4.78, 5) is 15.6. The van der Waals surface area contributed by atoms with Crippen LogP contribution in [0.1, 0.15) is 32.6 Å². The number of carbonyl (C=O) groups excluding carboxylic acids is 1. The summed E-state index contributed by atoms with van der Waals surface area (Å²) in [7, 11) is 0. The Kier molecular flexibility index (Phi) is 4.42. The third-order valence-electron chi connectivity index (χ3n) is 2.75. The Bertz CT molecular complexity index is 320. The van der Waals surface area contributed by atoms with Crippen molar-refractivity contribution in [1.29, 1.82) is 0 Å². The zero-order valence-electron chi connectivity index (χ0n) is 9.69. The van der Waals surface area contributed by atoms with Gasteiger partial charge < -0.3 is 15.6 Å². The van der Waals surface area contributed by atoms with Crippen LogP contribution < -0.4 is 11.1 Å². The molecular weight excluding hydrogens is 208 g/mol. The molecule has 6 nitrogen and oxygen atoms in total. The highest BCUT2D eigenvalue weighted by Gasteiger charge is 2.29. The number of rotatable bonds is 6. The molecule has 0 atom stereocenters. The first-order valence-corrected chi connectivity index (χ1v) is 5.45. The lowest BCUT2D eigenvalue weighted by molar-refractivity contribution is -0.126. The molecule has 0 saturated heterocycles. The van der Waals surface area contributed by atoms with Crippen molar-refractivity contribution in [2.24, 2.45) is 5.73 Å². The van der Waals surface area contributed by atoms with Gasteiger partial charge in [-0.2, -0.15) is 4.98 Å². The predicted molar refractivity (Wildman–Crippen MR) is 58.5 cm³/mol. The maximum absolute atomic E-state index is 11.8. The van der Waals surface area contributed by atoms with Crippen LogP contribution in [0.5, 0.6) is 0 Å². The topological polar surface area (TPSA) is 94.0 Å². The van der Waals surface area contributed by atoms with Crippen LogP contribution >= 0.6 is 0 Å². The van der Waals surface area contributed by atoms with Crippen LogP contribution in [0.15, 0.2) is 10.9 Å². The van der Waals surface area contributed by atoms with Crippen LogP contribution in [0.3, 0.4) is 0 Å². The number of aromatic nitrogens is 2. The molecule has 1 aromatic rings. The maximum Gasteiger partial charge on any atom is 0.240 e. The van der Waals surface area contributed by atoms with E-state index >= 15 is 0 Å². The van der Waals surface area contributed by atoms with Gasteiger partial charge in [-0.1, -0.05) is 19.0 Å². The van der Waals surface area contributed by atoms with Crippen LogP contribution in [0.4, 0.5) is 0 Å². The van der Waals surface area contributed by atoms with Gasteiger partial charge in [0.2, 0.25) is 11.8 Å². The molecular formula is C10H18N4O2. The van der Waals surface area contributed by atoms with Crippen LogP contribution in [-0.4, -0.2) is 28.1 Å². The van der Waals surface area contributed by atoms with Gasteiger partial charge in [-0.05, 0) is 12.8 Å². The van der Waals surface area contributed by atoms with E-state index in [0.29, 0.717) is 31.7 Å². The summed E-state index contributed by atoms with van der Waals surface area (Å²) < 4.78 is 4.81. The van der Waals surface area contributed by atoms with Crippen molar-refractivity contribution in [1.82, 2.24) is 15.5 Å². The zero-order chi connectivity index (χ0) is 12.0. The van der Waals surface area contributed by atoms with Gasteiger partial charge in [0.15, 0.2) is 6.33 Å². The lowest BCUT2D eigenvalue weighted by Crippen LogP contribution is -2.53. The molecule has 1 aromatic heterocycles. The van der Waals surface area contributed by atoms with Gasteiger partial charge >= 0.3 is 0 Å². The molecule has 0 aliphatic heterocycles. The first-order valence-electron chi connectivity index (χ1n) is 5.45. The van der Waals surface area contributed by atoms with Crippen molar-refractivity contribution in [3.63, 3.8) is 0 Å². The Labute approximate surface area is 94.6 Å². The normalized spacial score (nSPS) is 11.4. The minimum Gasteiger partial charge on any atom is -0.354 e. The molecule has 0 unspecified atom stereocenters. The van der Waals surface area contributed by atoms with E-state index in [1.807, 2.05) is 13.8 Å². The van der Waals surface area contributed by atoms with E-state index < -0.39 is 5.54 Å². The van der Waals surface area contributed by atoms with Crippen molar-refractivity contribution in [3.8, 4) is 0 Å². The van der Waals surface area contributed by atoms with Crippen LogP contribution in [0, 0.1) is 0 Å². The fourth-order valence-corrected chi connectivity index (χ4v) is 1.34. The third kappa shape index (κ3) is 3.03. The largest absolute Gasteiger partial charge is 0.354 e. The predicted octanol–water partition coefficient (Wildman–Crippen LogP) is 0.246. The van der Waals surface area contributed by atoms with Crippen LogP contribution in [0.2, 0.25) is 0 Å². The second-order valence-corrected chi connectivity index (χ2v) is 3.70. The summed E-state index contributed by atoms with van der Waals surface area (Å²) >= 11 is 0. The first kappa shape index (κ1) is 12.6. The molecule has 1 amide bonds. The number of hydrogen-bond acceptors (Lipinski definition) is 5. The Morgan fingerprint density at radius 2 is 2.25 bits per heavy atom. The van der Waals surface area contributed by atoms with E-state index in [0.717, 1.165) is 0 Å². The molecule has 0 spiro atoms. The summed E-state index contributed by atoms with van der Waals surface area (Å²) in [6.45, 7) is 4.27. The molecule has 0 aliphatic rings. The van der Waals surface area contributed by atoms with Crippen LogP contribution in [0.25, 0.3) is 0 Å². The Hall–Kier alpha value is -1.43. The van der Waals surface area contributed by atoms with E-state index in [-0.39, 0.29) is 5.91 Å². The number of nitrogens with two attached hydrogens (primary N) is 1. The molecule has 3 N–H and O–H groups in total. The molecule has 1 heterocycles. The van der Waals surface area contributed by atoms with Gasteiger partial charge in [-0.15, -0.1) is 0 Å². The molecule has 0 aliphatic carbocycles. The Morgan fingerprint density at radius 1 is 1.56 bits per heavy atom. The van der Waals surface area contributed by atoms with Crippen molar-refractivity contribution < 1.29 is 9.32 Å². The SMILES string of the molecule is CCC(N)(CC)C(=O)NCCc1ncno1. The molecule has 0 bridgehead atoms. The Balaban J connectivity index is 2.35. The number of amides is 1. The first-order chi connectivity index (χ1) is 7.62. The van der Waals surface area contributed by atoms with Gasteiger partial charge in [0.25, 0.3) is 0 Å². The Morgan fingerprint density at radius 3 is 2.75 bits per heavy atom. The maximum atomic E-state index is 11.8. The fourth-order valence-electron chi connectivity index (χ4n) is 1.34. The molecule has 6 heteroatoms. The highest BCUT2D eigenvalue weighted by molar-refractivity contribution is 5.85. The molecule has 90 valence electrons. The average molecular weight is 226 g/mol. The van der Waals surface area contributed by atoms with Crippen molar-refractivity contribution in [3.05, 3.63) is 12.2 Å². The van der Waals surface area contributed by atoms with Crippen molar-refractivity contribution >= 4 is 5.91 Å². The minimum absolute atomic E-state index is 0.128. The van der Waals surface area contributed by atoms with E-state index in [1.54, 1.807) is 0 Å². The molecule has 16 heavy (non-hydrogen) atoms. The highest BCUT2D eigenvalue weighted by Crippen LogP contribution is 2.10. The second-order valence-electron chi connectivity index (χ2n) is 3.70. The fraction of sp³-hybridized carbons (Fsp3) is 0.700. The number of carbonyl (C=O) groups is 1. The van der Waals surface area contributed by atoms with E-state index in [2.05, 4.69) is 15.5 Å². The zero-order valence-corrected chi connectivity index (χ0v) is 9.69. The molecule has 0 saturated carbocycles. The second kappa shape index (κ2) is 5.60. The van der Waals surface area contributed by atoms with Gasteiger partial charge in [-0.3, -0.25) is 4.79 Å². The molecule has 0 fully saturated rings. The summed E-state index contributed by atoms with van der Waals surface area (Å²) in [5.41, 5.74) is 5.17. The summed E-state index contributed by atoms with van der Waals surface area (Å²) in [5, 5.41) is 6.25. The number of nitrogens with zero attached hydrogens (tertiary/aromatic N) is 2. The van der Waals surface area contributed by atoms with Gasteiger partial charge in [0.1, 0.15) is 0 Å². The van der Waals surface area contributed by atoms with Gasteiger partial charge in [-0.25, -0.2) is 0 Å². The lowest BCUT2D eigenvalue weighted by atomic mass is 9.93. The number of nitrogens with one attached hydrogen (secondary N) is 1. The van der Waals surface area contributed by atoms with Gasteiger partial charge in [0.05, 0.1) is 5.54 Å². The van der Waals surface area contributed by atoms with E-state index in [4.69, 9.17) is 10.3 Å². The highest BCUT2D eigenvalue weighted by atomic mass is 16.5. The smallest absolute Gasteiger partial charge is 0.240 e. The quantitative estimate of drug-likeness (QED) is 0.725. The molecule has 1 rings (SSSR count). The van der Waals surface area contributed by atoms with E-state index in [1.165, 1.54) is 6.33 Å².